The van der Waals surface area contributed by atoms with Gasteiger partial charge in [-0.1, -0.05) is 61.1 Å². The lowest BCUT2D eigenvalue weighted by Crippen LogP contribution is -2.40. The summed E-state index contributed by atoms with van der Waals surface area (Å²) in [6.07, 6.45) is 5.62. The summed E-state index contributed by atoms with van der Waals surface area (Å²) in [4.78, 5) is 8.99. The molecule has 1 aliphatic rings. The molecule has 2 N–H and O–H groups in total. The van der Waals surface area contributed by atoms with Crippen molar-refractivity contribution in [2.24, 2.45) is 5.92 Å². The Morgan fingerprint density at radius 2 is 1.97 bits per heavy atom. The molecule has 1 aliphatic carbocycles. The van der Waals surface area contributed by atoms with Gasteiger partial charge in [0, 0.05) is 16.2 Å². The van der Waals surface area contributed by atoms with Gasteiger partial charge in [0.1, 0.15) is 5.02 Å². The molecular weight excluding hydrogens is 530 g/mol. The van der Waals surface area contributed by atoms with Gasteiger partial charge in [0.25, 0.3) is 0 Å². The van der Waals surface area contributed by atoms with Crippen molar-refractivity contribution in [2.75, 3.05) is 10.6 Å². The van der Waals surface area contributed by atoms with Crippen LogP contribution in [0.25, 0.3) is 0 Å². The Morgan fingerprint density at radius 3 is 2.65 bits per heavy atom. The lowest BCUT2D eigenvalue weighted by atomic mass is 9.85. The van der Waals surface area contributed by atoms with Gasteiger partial charge in [-0.15, -0.1) is 0 Å². The molecule has 1 aromatic carbocycles. The minimum absolute atomic E-state index is 0.0335. The van der Waals surface area contributed by atoms with Crippen LogP contribution in [0.3, 0.4) is 0 Å². The van der Waals surface area contributed by atoms with Crippen molar-refractivity contribution in [1.29, 1.82) is 5.26 Å². The number of nitriles is 1. The van der Waals surface area contributed by atoms with Crippen LogP contribution in [0, 0.1) is 24.2 Å². The van der Waals surface area contributed by atoms with Crippen LogP contribution in [-0.2, 0) is 11.0 Å². The highest BCUT2D eigenvalue weighted by molar-refractivity contribution is 9.10. The molecule has 0 bridgehead atoms. The standard InChI is InChI=1S/C25H35BrClN5OSi/c1-16-11-19(12-18(22(16)26)15-33-34(5,6)25(2,3)4)30-24-29-14-20(27)23(32-24)31-21-10-8-7-9-17(21)13-28/h11-12,14,17,21H,7-10,15H2,1-6H3,(H2,29,30,31,32)/t17-,21+/m0/s1. The van der Waals surface area contributed by atoms with E-state index < -0.39 is 8.32 Å². The van der Waals surface area contributed by atoms with Gasteiger partial charge in [-0.3, -0.25) is 0 Å². The lowest BCUT2D eigenvalue weighted by Gasteiger charge is -2.36. The smallest absolute Gasteiger partial charge is 0.229 e. The fourth-order valence-electron chi connectivity index (χ4n) is 3.79. The van der Waals surface area contributed by atoms with Gasteiger partial charge in [0.15, 0.2) is 14.1 Å². The molecule has 0 radical (unpaired) electrons. The third kappa shape index (κ3) is 6.51. The number of benzene rings is 1. The molecule has 0 amide bonds. The van der Waals surface area contributed by atoms with Crippen LogP contribution in [0.1, 0.15) is 57.6 Å². The molecule has 184 valence electrons. The highest BCUT2D eigenvalue weighted by atomic mass is 79.9. The minimum Gasteiger partial charge on any atom is -0.413 e. The lowest BCUT2D eigenvalue weighted by molar-refractivity contribution is 0.275. The first-order chi connectivity index (χ1) is 15.9. The van der Waals surface area contributed by atoms with Crippen LogP contribution in [-0.4, -0.2) is 24.3 Å². The SMILES string of the molecule is Cc1cc(Nc2ncc(Cl)c(N[C@@H]3CCCC[C@H]3C#N)n2)cc(CO[Si](C)(C)C(C)(C)C)c1Br. The fraction of sp³-hybridized carbons (Fsp3) is 0.560. The van der Waals surface area contributed by atoms with Gasteiger partial charge in [0.05, 0.1) is 24.8 Å². The number of hydrogen-bond acceptors (Lipinski definition) is 6. The normalized spacial score (nSPS) is 18.9. The van der Waals surface area contributed by atoms with Gasteiger partial charge in [-0.2, -0.15) is 10.2 Å². The van der Waals surface area contributed by atoms with E-state index in [2.05, 4.69) is 95.5 Å². The number of anilines is 3. The first kappa shape index (κ1) is 26.9. The molecule has 1 fully saturated rings. The molecule has 34 heavy (non-hydrogen) atoms. The summed E-state index contributed by atoms with van der Waals surface area (Å²) in [5, 5.41) is 16.8. The summed E-state index contributed by atoms with van der Waals surface area (Å²) < 4.78 is 7.51. The van der Waals surface area contributed by atoms with Crippen LogP contribution < -0.4 is 10.6 Å². The molecule has 0 unspecified atom stereocenters. The van der Waals surface area contributed by atoms with E-state index >= 15 is 0 Å². The Morgan fingerprint density at radius 1 is 1.26 bits per heavy atom. The van der Waals surface area contributed by atoms with Crippen molar-refractivity contribution in [3.63, 3.8) is 0 Å². The van der Waals surface area contributed by atoms with Gasteiger partial charge < -0.3 is 15.1 Å². The molecule has 0 aliphatic heterocycles. The number of hydrogen-bond donors (Lipinski definition) is 2. The first-order valence-corrected chi connectivity index (χ1v) is 15.9. The zero-order valence-electron chi connectivity index (χ0n) is 20.9. The van der Waals surface area contributed by atoms with E-state index in [0.29, 0.717) is 23.4 Å². The fourth-order valence-corrected chi connectivity index (χ4v) is 5.22. The Balaban J connectivity index is 1.79. The maximum atomic E-state index is 9.49. The van der Waals surface area contributed by atoms with Crippen LogP contribution in [0.4, 0.5) is 17.5 Å². The van der Waals surface area contributed by atoms with E-state index in [-0.39, 0.29) is 17.0 Å². The second-order valence-electron chi connectivity index (χ2n) is 10.6. The molecule has 1 heterocycles. The first-order valence-electron chi connectivity index (χ1n) is 11.8. The number of halogens is 2. The summed E-state index contributed by atoms with van der Waals surface area (Å²) in [5.74, 6) is 0.976. The van der Waals surface area contributed by atoms with E-state index in [4.69, 9.17) is 16.0 Å². The highest BCUT2D eigenvalue weighted by Gasteiger charge is 2.37. The molecule has 0 spiro atoms. The van der Waals surface area contributed by atoms with Crippen LogP contribution in [0.2, 0.25) is 23.2 Å². The van der Waals surface area contributed by atoms with Crippen molar-refractivity contribution >= 4 is 53.3 Å². The number of nitrogens with one attached hydrogen (secondary N) is 2. The average Bonchev–Trinajstić information content (AvgIpc) is 2.77. The Labute approximate surface area is 218 Å². The van der Waals surface area contributed by atoms with Gasteiger partial charge in [0.2, 0.25) is 5.95 Å². The molecule has 2 atom stereocenters. The molecule has 3 rings (SSSR count). The molecule has 6 nitrogen and oxygen atoms in total. The largest absolute Gasteiger partial charge is 0.413 e. The van der Waals surface area contributed by atoms with E-state index in [1.54, 1.807) is 6.20 Å². The summed E-state index contributed by atoms with van der Waals surface area (Å²) >= 11 is 10.1. The second-order valence-corrected chi connectivity index (χ2v) is 16.6. The third-order valence-corrected chi connectivity index (χ3v) is 12.9. The zero-order chi connectivity index (χ0) is 25.1. The van der Waals surface area contributed by atoms with E-state index in [1.165, 1.54) is 0 Å². The summed E-state index contributed by atoms with van der Waals surface area (Å²) in [5.41, 5.74) is 3.07. The highest BCUT2D eigenvalue weighted by Crippen LogP contribution is 2.38. The second kappa shape index (κ2) is 10.9. The van der Waals surface area contributed by atoms with E-state index in [1.807, 2.05) is 0 Å². The molecule has 1 aromatic heterocycles. The van der Waals surface area contributed by atoms with Gasteiger partial charge in [-0.25, -0.2) is 4.98 Å². The summed E-state index contributed by atoms with van der Waals surface area (Å²) in [7, 11) is -1.88. The summed E-state index contributed by atoms with van der Waals surface area (Å²) in [6, 6.07) is 6.59. The topological polar surface area (TPSA) is 82.9 Å². The number of aryl methyl sites for hydroxylation is 1. The average molecular weight is 565 g/mol. The van der Waals surface area contributed by atoms with Crippen LogP contribution >= 0.6 is 27.5 Å². The van der Waals surface area contributed by atoms with Gasteiger partial charge >= 0.3 is 0 Å². The number of rotatable bonds is 7. The van der Waals surface area contributed by atoms with Gasteiger partial charge in [-0.05, 0) is 61.2 Å². The summed E-state index contributed by atoms with van der Waals surface area (Å²) in [6.45, 7) is 13.8. The van der Waals surface area contributed by atoms with Crippen molar-refractivity contribution in [1.82, 2.24) is 9.97 Å². The predicted octanol–water partition coefficient (Wildman–Crippen LogP) is 7.96. The molecule has 0 saturated heterocycles. The third-order valence-electron chi connectivity index (χ3n) is 6.98. The van der Waals surface area contributed by atoms with Crippen molar-refractivity contribution in [2.45, 2.75) is 84.2 Å². The Hall–Kier alpha value is -1.66. The van der Waals surface area contributed by atoms with Crippen molar-refractivity contribution in [3.05, 3.63) is 39.0 Å². The predicted molar refractivity (Wildman–Crippen MR) is 146 cm³/mol. The molecule has 9 heteroatoms. The molecule has 1 saturated carbocycles. The van der Waals surface area contributed by atoms with Crippen LogP contribution in [0.5, 0.6) is 0 Å². The van der Waals surface area contributed by atoms with Crippen LogP contribution in [0.15, 0.2) is 22.8 Å². The maximum Gasteiger partial charge on any atom is 0.229 e. The Kier molecular flexibility index (Phi) is 8.67. The Bertz CT molecular complexity index is 1070. The number of aromatic nitrogens is 2. The zero-order valence-corrected chi connectivity index (χ0v) is 24.3. The molecule has 2 aromatic rings. The number of nitrogens with zero attached hydrogens (tertiary/aromatic N) is 3. The van der Waals surface area contributed by atoms with Crippen molar-refractivity contribution in [3.8, 4) is 6.07 Å². The van der Waals surface area contributed by atoms with E-state index in [9.17, 15) is 5.26 Å². The maximum absolute atomic E-state index is 9.49. The van der Waals surface area contributed by atoms with E-state index in [0.717, 1.165) is 47.0 Å². The minimum atomic E-state index is -1.88. The monoisotopic (exact) mass is 563 g/mol. The van der Waals surface area contributed by atoms with Crippen molar-refractivity contribution < 1.29 is 4.43 Å². The molecular formula is C25H35BrClN5OSi. The quantitative estimate of drug-likeness (QED) is 0.332.